The molecule has 1 saturated heterocycles. The fourth-order valence-corrected chi connectivity index (χ4v) is 7.19. The van der Waals surface area contributed by atoms with Crippen LogP contribution >= 0.6 is 11.3 Å². The Balaban J connectivity index is 1.43. The van der Waals surface area contributed by atoms with E-state index >= 15 is 0 Å². The quantitative estimate of drug-likeness (QED) is 0.232. The maximum absolute atomic E-state index is 14.1. The number of thiophene rings is 1. The Morgan fingerprint density at radius 1 is 1.07 bits per heavy atom. The number of anilines is 1. The van der Waals surface area contributed by atoms with Crippen LogP contribution < -0.4 is 32.6 Å². The van der Waals surface area contributed by atoms with Crippen LogP contribution in [0.25, 0.3) is 10.1 Å². The van der Waals surface area contributed by atoms with Crippen molar-refractivity contribution < 1.29 is 14.3 Å². The SMILES string of the molecule is Cc1cc(Oc2ccccc2)ccc1C1(N)C(=O)C(N)c2c(C(=O)NC3CCCCNC3)sc3c(N)ccc1c23. The minimum Gasteiger partial charge on any atom is -0.457 e. The van der Waals surface area contributed by atoms with Crippen molar-refractivity contribution in [1.29, 1.82) is 0 Å². The molecule has 9 heteroatoms. The maximum atomic E-state index is 14.1. The van der Waals surface area contributed by atoms with E-state index < -0.39 is 11.6 Å². The van der Waals surface area contributed by atoms with Crippen molar-refractivity contribution in [3.8, 4) is 11.5 Å². The number of nitrogens with one attached hydrogen (secondary N) is 2. The van der Waals surface area contributed by atoms with Gasteiger partial charge in [-0.3, -0.25) is 9.59 Å². The first-order valence-corrected chi connectivity index (χ1v) is 14.4. The lowest BCUT2D eigenvalue weighted by Gasteiger charge is -2.37. The van der Waals surface area contributed by atoms with E-state index in [1.807, 2.05) is 49.4 Å². The van der Waals surface area contributed by atoms with Crippen LogP contribution in [-0.2, 0) is 10.3 Å². The smallest absolute Gasteiger partial charge is 0.262 e. The Hall–Kier alpha value is -3.76. The second-order valence-electron chi connectivity index (χ2n) is 10.7. The van der Waals surface area contributed by atoms with Gasteiger partial charge in [0.25, 0.3) is 5.91 Å². The molecule has 2 heterocycles. The van der Waals surface area contributed by atoms with Crippen molar-refractivity contribution in [3.63, 3.8) is 0 Å². The van der Waals surface area contributed by atoms with Gasteiger partial charge in [-0.1, -0.05) is 36.8 Å². The Kier molecular flexibility index (Phi) is 6.83. The molecule has 0 saturated carbocycles. The van der Waals surface area contributed by atoms with Gasteiger partial charge in [0.15, 0.2) is 5.78 Å². The lowest BCUT2D eigenvalue weighted by atomic mass is 9.69. The Morgan fingerprint density at radius 2 is 1.85 bits per heavy atom. The van der Waals surface area contributed by atoms with Crippen LogP contribution in [-0.4, -0.2) is 30.8 Å². The highest BCUT2D eigenvalue weighted by atomic mass is 32.1. The van der Waals surface area contributed by atoms with Crippen LogP contribution in [0.5, 0.6) is 11.5 Å². The molecule has 1 amide bonds. The fraction of sp³-hybridized carbons (Fsp3) is 0.290. The van der Waals surface area contributed by atoms with Gasteiger partial charge >= 0.3 is 0 Å². The van der Waals surface area contributed by atoms with Crippen molar-refractivity contribution in [2.24, 2.45) is 11.5 Å². The summed E-state index contributed by atoms with van der Waals surface area (Å²) >= 11 is 1.28. The van der Waals surface area contributed by atoms with Crippen LogP contribution in [0.3, 0.4) is 0 Å². The van der Waals surface area contributed by atoms with E-state index in [2.05, 4.69) is 10.6 Å². The summed E-state index contributed by atoms with van der Waals surface area (Å²) in [6.45, 7) is 3.55. The third-order valence-corrected chi connectivity index (χ3v) is 9.26. The highest BCUT2D eigenvalue weighted by Crippen LogP contribution is 2.50. The number of nitrogen functional groups attached to an aromatic ring is 1. The van der Waals surface area contributed by atoms with Gasteiger partial charge in [-0.15, -0.1) is 11.3 Å². The number of para-hydroxylation sites is 1. The molecule has 6 rings (SSSR count). The summed E-state index contributed by atoms with van der Waals surface area (Å²) in [7, 11) is 0. The van der Waals surface area contributed by atoms with Crippen molar-refractivity contribution >= 4 is 38.8 Å². The molecule has 1 aliphatic heterocycles. The van der Waals surface area contributed by atoms with Crippen molar-refractivity contribution in [3.05, 3.63) is 87.8 Å². The lowest BCUT2D eigenvalue weighted by Crippen LogP contribution is -2.53. The summed E-state index contributed by atoms with van der Waals surface area (Å²) in [5.74, 6) is 0.742. The summed E-state index contributed by atoms with van der Waals surface area (Å²) in [4.78, 5) is 28.1. The molecule has 0 radical (unpaired) electrons. The van der Waals surface area contributed by atoms with Gasteiger partial charge in [0, 0.05) is 29.2 Å². The van der Waals surface area contributed by atoms with E-state index in [1.165, 1.54) is 11.3 Å². The van der Waals surface area contributed by atoms with Crippen LogP contribution in [0.1, 0.15) is 57.2 Å². The van der Waals surface area contributed by atoms with Crippen LogP contribution in [0.15, 0.2) is 60.7 Å². The van der Waals surface area contributed by atoms with Crippen LogP contribution in [0.2, 0.25) is 0 Å². The van der Waals surface area contributed by atoms with E-state index in [1.54, 1.807) is 18.2 Å². The number of aryl methyl sites for hydroxylation is 1. The first-order valence-electron chi connectivity index (χ1n) is 13.6. The Labute approximate surface area is 236 Å². The molecule has 206 valence electrons. The molecule has 0 bridgehead atoms. The minimum atomic E-state index is -1.52. The molecule has 1 aliphatic carbocycles. The van der Waals surface area contributed by atoms with Gasteiger partial charge in [0.2, 0.25) is 0 Å². The zero-order chi connectivity index (χ0) is 28.0. The number of nitrogens with two attached hydrogens (primary N) is 3. The number of hydrogen-bond donors (Lipinski definition) is 5. The summed E-state index contributed by atoms with van der Waals surface area (Å²) in [5.41, 5.74) is 21.7. The first kappa shape index (κ1) is 26.5. The molecule has 4 aromatic rings. The highest BCUT2D eigenvalue weighted by Gasteiger charge is 2.49. The van der Waals surface area contributed by atoms with E-state index in [9.17, 15) is 9.59 Å². The number of benzene rings is 3. The molecule has 3 atom stereocenters. The topological polar surface area (TPSA) is 145 Å². The second-order valence-corrected chi connectivity index (χ2v) is 11.7. The molecule has 8 nitrogen and oxygen atoms in total. The molecule has 1 fully saturated rings. The van der Waals surface area contributed by atoms with Crippen LogP contribution in [0.4, 0.5) is 5.69 Å². The zero-order valence-corrected chi connectivity index (χ0v) is 23.1. The molecule has 1 aromatic heterocycles. The van der Waals surface area contributed by atoms with Crippen molar-refractivity contribution in [1.82, 2.24) is 10.6 Å². The van der Waals surface area contributed by atoms with Gasteiger partial charge in [0.05, 0.1) is 15.6 Å². The number of ketones is 1. The van der Waals surface area contributed by atoms with E-state index in [4.69, 9.17) is 21.9 Å². The number of ether oxygens (including phenoxy) is 1. The number of carbonyl (C=O) groups is 2. The number of rotatable bonds is 5. The second kappa shape index (κ2) is 10.3. The van der Waals surface area contributed by atoms with Gasteiger partial charge in [-0.2, -0.15) is 0 Å². The van der Waals surface area contributed by atoms with Crippen molar-refractivity contribution in [2.75, 3.05) is 18.8 Å². The molecule has 3 unspecified atom stereocenters. The number of amides is 1. The first-order chi connectivity index (χ1) is 19.3. The maximum Gasteiger partial charge on any atom is 0.262 e. The molecule has 8 N–H and O–H groups in total. The largest absolute Gasteiger partial charge is 0.457 e. The standard InChI is InChI=1S/C31H33N5O3S/c1-17-15-20(39-19-8-3-2-4-9-19)10-11-21(17)31(34)22-12-13-23(32)27-24(22)25(26(33)29(31)37)28(40-27)30(38)36-18-7-5-6-14-35-16-18/h2-4,8-13,15,18,26,35H,5-7,14,16,32-34H2,1H3,(H,36,38). The number of carbonyl (C=O) groups excluding carboxylic acids is 2. The third-order valence-electron chi connectivity index (χ3n) is 8.00. The number of hydrogen-bond acceptors (Lipinski definition) is 8. The Bertz CT molecular complexity index is 1610. The molecule has 40 heavy (non-hydrogen) atoms. The van der Waals surface area contributed by atoms with Gasteiger partial charge in [0.1, 0.15) is 17.0 Å². The summed E-state index contributed by atoms with van der Waals surface area (Å²) in [6.07, 6.45) is 3.01. The monoisotopic (exact) mass is 555 g/mol. The summed E-state index contributed by atoms with van der Waals surface area (Å²) < 4.78 is 6.72. The van der Waals surface area contributed by atoms with Gasteiger partial charge in [-0.25, -0.2) is 0 Å². The van der Waals surface area contributed by atoms with Crippen LogP contribution in [0, 0.1) is 6.92 Å². The lowest BCUT2D eigenvalue weighted by molar-refractivity contribution is -0.124. The van der Waals surface area contributed by atoms with E-state index in [-0.39, 0.29) is 17.7 Å². The fourth-order valence-electron chi connectivity index (χ4n) is 5.99. The minimum absolute atomic E-state index is 0.00705. The van der Waals surface area contributed by atoms with Gasteiger partial charge < -0.3 is 32.6 Å². The molecule has 2 aliphatic rings. The summed E-state index contributed by atoms with van der Waals surface area (Å²) in [5, 5.41) is 7.23. The molecular weight excluding hydrogens is 522 g/mol. The average Bonchev–Trinajstić information content (AvgIpc) is 3.18. The zero-order valence-electron chi connectivity index (χ0n) is 22.3. The Morgan fingerprint density at radius 3 is 2.62 bits per heavy atom. The van der Waals surface area contributed by atoms with E-state index in [0.717, 1.165) is 36.1 Å². The van der Waals surface area contributed by atoms with E-state index in [0.29, 0.717) is 50.7 Å². The molecule has 0 spiro atoms. The third kappa shape index (κ3) is 4.35. The summed E-state index contributed by atoms with van der Waals surface area (Å²) in [6, 6.07) is 17.4. The predicted molar refractivity (Wildman–Crippen MR) is 159 cm³/mol. The normalized spacial score (nSPS) is 22.6. The predicted octanol–water partition coefficient (Wildman–Crippen LogP) is 4.24. The average molecular weight is 556 g/mol. The highest BCUT2D eigenvalue weighted by molar-refractivity contribution is 7.21. The number of Topliss-reactive ketones (excluding diaryl/α,β-unsaturated/α-hetero) is 1. The molecule has 3 aromatic carbocycles. The molecular formula is C31H33N5O3S. The van der Waals surface area contributed by atoms with Crippen molar-refractivity contribution in [2.45, 2.75) is 43.8 Å². The van der Waals surface area contributed by atoms with Gasteiger partial charge in [-0.05, 0) is 73.3 Å².